The van der Waals surface area contributed by atoms with Gasteiger partial charge in [-0.25, -0.2) is 13.6 Å². The number of sulfonamides is 1. The minimum atomic E-state index is -4.35. The second kappa shape index (κ2) is 10.8. The fourth-order valence-corrected chi connectivity index (χ4v) is 2.90. The molecule has 0 heterocycles. The van der Waals surface area contributed by atoms with Crippen LogP contribution in [0.15, 0.2) is 58.4 Å². The molecule has 11 heteroatoms. The molecule has 0 aromatic heterocycles. The molecule has 0 aliphatic carbocycles. The van der Waals surface area contributed by atoms with Crippen LogP contribution in [0.3, 0.4) is 0 Å². The molecule has 160 valence electrons. The fraction of sp³-hybridized carbons (Fsp3) is 0.278. The summed E-state index contributed by atoms with van der Waals surface area (Å²) < 4.78 is 60.2. The highest BCUT2D eigenvalue weighted by Crippen LogP contribution is 2.29. The van der Waals surface area contributed by atoms with Gasteiger partial charge in [0.15, 0.2) is 5.96 Å². The molecular weight excluding hydrogens is 520 g/mol. The lowest BCUT2D eigenvalue weighted by molar-refractivity contribution is -0.137. The van der Waals surface area contributed by atoms with Crippen LogP contribution in [-0.4, -0.2) is 28.0 Å². The first-order valence-electron chi connectivity index (χ1n) is 8.32. The van der Waals surface area contributed by atoms with Crippen LogP contribution in [0.25, 0.3) is 0 Å². The number of benzene rings is 2. The van der Waals surface area contributed by atoms with Crippen molar-refractivity contribution in [3.8, 4) is 0 Å². The Morgan fingerprint density at radius 1 is 1.00 bits per heavy atom. The zero-order valence-electron chi connectivity index (χ0n) is 15.5. The van der Waals surface area contributed by atoms with E-state index >= 15 is 0 Å². The minimum absolute atomic E-state index is 0. The van der Waals surface area contributed by atoms with Crippen molar-refractivity contribution >= 4 is 40.0 Å². The third-order valence-electron chi connectivity index (χ3n) is 3.92. The Morgan fingerprint density at radius 3 is 2.03 bits per heavy atom. The van der Waals surface area contributed by atoms with Crippen LogP contribution in [0.2, 0.25) is 0 Å². The molecule has 2 aromatic carbocycles. The summed E-state index contributed by atoms with van der Waals surface area (Å²) in [6, 6.07) is 11.2. The number of rotatable bonds is 6. The Morgan fingerprint density at radius 2 is 1.55 bits per heavy atom. The van der Waals surface area contributed by atoms with Gasteiger partial charge in [0.1, 0.15) is 0 Å². The Bertz CT molecular complexity index is 916. The van der Waals surface area contributed by atoms with Gasteiger partial charge in [-0.3, -0.25) is 4.99 Å². The van der Waals surface area contributed by atoms with Gasteiger partial charge in [0.05, 0.1) is 10.5 Å². The van der Waals surface area contributed by atoms with E-state index in [2.05, 4.69) is 15.6 Å². The number of nitrogens with zero attached hydrogens (tertiary/aromatic N) is 1. The maximum Gasteiger partial charge on any atom is 0.416 e. The van der Waals surface area contributed by atoms with E-state index in [9.17, 15) is 21.6 Å². The molecule has 0 amide bonds. The van der Waals surface area contributed by atoms with Crippen molar-refractivity contribution in [2.24, 2.45) is 10.1 Å². The molecule has 0 fully saturated rings. The van der Waals surface area contributed by atoms with Crippen LogP contribution in [0.1, 0.15) is 16.7 Å². The number of nitrogens with two attached hydrogens (primary N) is 1. The third-order valence-corrected chi connectivity index (χ3v) is 4.85. The van der Waals surface area contributed by atoms with Gasteiger partial charge in [0.2, 0.25) is 10.0 Å². The van der Waals surface area contributed by atoms with E-state index in [0.29, 0.717) is 31.0 Å². The molecule has 0 saturated carbocycles. The van der Waals surface area contributed by atoms with Crippen molar-refractivity contribution in [1.29, 1.82) is 0 Å². The number of primary sulfonamides is 1. The second-order valence-electron chi connectivity index (χ2n) is 5.99. The smallest absolute Gasteiger partial charge is 0.356 e. The van der Waals surface area contributed by atoms with Crippen molar-refractivity contribution < 1.29 is 21.6 Å². The maximum atomic E-state index is 12.6. The number of nitrogens with one attached hydrogen (secondary N) is 2. The van der Waals surface area contributed by atoms with Crippen LogP contribution in [0.4, 0.5) is 13.2 Å². The van der Waals surface area contributed by atoms with Crippen molar-refractivity contribution in [2.75, 3.05) is 13.6 Å². The van der Waals surface area contributed by atoms with Gasteiger partial charge in [0, 0.05) is 20.1 Å². The molecule has 2 aromatic rings. The Kier molecular flexibility index (Phi) is 9.36. The predicted octanol–water partition coefficient (Wildman–Crippen LogP) is 2.88. The summed E-state index contributed by atoms with van der Waals surface area (Å²) in [6.07, 6.45) is -3.73. The van der Waals surface area contributed by atoms with Crippen LogP contribution in [0, 0.1) is 0 Å². The van der Waals surface area contributed by atoms with Crippen LogP contribution < -0.4 is 15.8 Å². The highest BCUT2D eigenvalue weighted by atomic mass is 127. The average Bonchev–Trinajstić information content (AvgIpc) is 2.64. The molecule has 2 rings (SSSR count). The number of hydrogen-bond acceptors (Lipinski definition) is 3. The molecule has 0 atom stereocenters. The molecule has 0 aliphatic heterocycles. The number of aliphatic imine (C=N–C) groups is 1. The van der Waals surface area contributed by atoms with Crippen LogP contribution >= 0.6 is 24.0 Å². The monoisotopic (exact) mass is 542 g/mol. The normalized spacial score (nSPS) is 12.2. The highest BCUT2D eigenvalue weighted by Gasteiger charge is 2.29. The molecule has 0 radical (unpaired) electrons. The minimum Gasteiger partial charge on any atom is -0.356 e. The SMILES string of the molecule is CN=C(NCCc1ccc(S(N)(=O)=O)cc1)NCc1ccc(C(F)(F)F)cc1.I. The first kappa shape index (κ1) is 25.2. The fourth-order valence-electron chi connectivity index (χ4n) is 2.39. The summed E-state index contributed by atoms with van der Waals surface area (Å²) in [7, 11) is -2.12. The van der Waals surface area contributed by atoms with E-state index in [1.807, 2.05) is 0 Å². The summed E-state index contributed by atoms with van der Waals surface area (Å²) in [5.41, 5.74) is 0.917. The zero-order valence-corrected chi connectivity index (χ0v) is 18.7. The summed E-state index contributed by atoms with van der Waals surface area (Å²) in [5.74, 6) is 0.501. The van der Waals surface area contributed by atoms with Gasteiger partial charge in [0.25, 0.3) is 0 Å². The Labute approximate surface area is 184 Å². The van der Waals surface area contributed by atoms with Gasteiger partial charge in [-0.1, -0.05) is 24.3 Å². The van der Waals surface area contributed by atoms with Crippen LogP contribution in [-0.2, 0) is 29.2 Å². The largest absolute Gasteiger partial charge is 0.416 e. The molecule has 0 aliphatic rings. The van der Waals surface area contributed by atoms with Crippen LogP contribution in [0.5, 0.6) is 0 Å². The van der Waals surface area contributed by atoms with Crippen molar-refractivity contribution in [1.82, 2.24) is 10.6 Å². The lowest BCUT2D eigenvalue weighted by atomic mass is 10.1. The summed E-state index contributed by atoms with van der Waals surface area (Å²) in [4.78, 5) is 4.11. The lowest BCUT2D eigenvalue weighted by Crippen LogP contribution is -2.37. The molecule has 0 saturated heterocycles. The number of guanidine groups is 1. The molecule has 4 N–H and O–H groups in total. The van der Waals surface area contributed by atoms with Crippen molar-refractivity contribution in [2.45, 2.75) is 24.0 Å². The third kappa shape index (κ3) is 8.19. The topological polar surface area (TPSA) is 96.6 Å². The number of alkyl halides is 3. The first-order chi connectivity index (χ1) is 13.1. The second-order valence-corrected chi connectivity index (χ2v) is 7.55. The predicted molar refractivity (Wildman–Crippen MR) is 117 cm³/mol. The standard InChI is InChI=1S/C18H21F3N4O2S.HI/c1-23-17(25-12-14-2-6-15(7-3-14)18(19,20)21)24-11-10-13-4-8-16(9-5-13)28(22,26)27;/h2-9H,10-12H2,1H3,(H2,22,26,27)(H2,23,24,25);1H. The summed E-state index contributed by atoms with van der Waals surface area (Å²) in [5, 5.41) is 11.2. The van der Waals surface area contributed by atoms with E-state index in [-0.39, 0.29) is 28.9 Å². The van der Waals surface area contributed by atoms with E-state index in [0.717, 1.165) is 17.7 Å². The lowest BCUT2D eigenvalue weighted by Gasteiger charge is -2.13. The quantitative estimate of drug-likeness (QED) is 0.297. The summed E-state index contributed by atoms with van der Waals surface area (Å²) >= 11 is 0. The molecule has 29 heavy (non-hydrogen) atoms. The van der Waals surface area contributed by atoms with Gasteiger partial charge in [-0.05, 0) is 41.8 Å². The van der Waals surface area contributed by atoms with Gasteiger partial charge in [-0.2, -0.15) is 13.2 Å². The Balaban J connectivity index is 0.00000420. The van der Waals surface area contributed by atoms with E-state index in [1.165, 1.54) is 24.3 Å². The van der Waals surface area contributed by atoms with Gasteiger partial charge < -0.3 is 10.6 Å². The zero-order chi connectivity index (χ0) is 20.8. The first-order valence-corrected chi connectivity index (χ1v) is 9.86. The maximum absolute atomic E-state index is 12.6. The highest BCUT2D eigenvalue weighted by molar-refractivity contribution is 14.0. The Hall–Kier alpha value is -1.86. The van der Waals surface area contributed by atoms with E-state index in [4.69, 9.17) is 5.14 Å². The summed E-state index contributed by atoms with van der Waals surface area (Å²) in [6.45, 7) is 0.849. The van der Waals surface area contributed by atoms with E-state index < -0.39 is 21.8 Å². The molecular formula is C18H22F3IN4O2S. The number of hydrogen-bond donors (Lipinski definition) is 3. The van der Waals surface area contributed by atoms with Crippen molar-refractivity contribution in [3.05, 3.63) is 65.2 Å². The van der Waals surface area contributed by atoms with Crippen molar-refractivity contribution in [3.63, 3.8) is 0 Å². The average molecular weight is 542 g/mol. The molecule has 6 nitrogen and oxygen atoms in total. The molecule has 0 spiro atoms. The van der Waals surface area contributed by atoms with Gasteiger partial charge in [-0.15, -0.1) is 24.0 Å². The van der Waals surface area contributed by atoms with Gasteiger partial charge >= 0.3 is 6.18 Å². The molecule has 0 unspecified atom stereocenters. The number of halogens is 4. The van der Waals surface area contributed by atoms with E-state index in [1.54, 1.807) is 19.2 Å². The molecule has 0 bridgehead atoms.